The first kappa shape index (κ1) is 17.2. The molecule has 5 nitrogen and oxygen atoms in total. The second-order valence-corrected chi connectivity index (χ2v) is 6.85. The number of carbonyl (C=O) groups excluding carboxylic acids is 1. The fraction of sp³-hybridized carbons (Fsp3) is 0.632. The SMILES string of the molecule is CO[C@H]1C[C@@H](O)C12CCN(C(=O)CCCOc1ccccc1)CC2. The average Bonchev–Trinajstić information content (AvgIpc) is 2.64. The molecule has 5 heteroatoms. The van der Waals surface area contributed by atoms with Crippen LogP contribution in [0.25, 0.3) is 0 Å². The van der Waals surface area contributed by atoms with Crippen LogP contribution < -0.4 is 4.74 Å². The van der Waals surface area contributed by atoms with Crippen molar-refractivity contribution in [3.63, 3.8) is 0 Å². The third-order valence-electron chi connectivity index (χ3n) is 5.62. The number of nitrogens with zero attached hydrogens (tertiary/aromatic N) is 1. The second kappa shape index (κ2) is 7.53. The lowest BCUT2D eigenvalue weighted by Gasteiger charge is -2.56. The van der Waals surface area contributed by atoms with Crippen molar-refractivity contribution in [1.82, 2.24) is 4.90 Å². The summed E-state index contributed by atoms with van der Waals surface area (Å²) in [6, 6.07) is 9.66. The Kier molecular flexibility index (Phi) is 5.41. The number of likely N-dealkylation sites (tertiary alicyclic amines) is 1. The lowest BCUT2D eigenvalue weighted by molar-refractivity contribution is -0.202. The van der Waals surface area contributed by atoms with Gasteiger partial charge in [0.05, 0.1) is 18.8 Å². The first-order valence-corrected chi connectivity index (χ1v) is 8.82. The molecule has 1 N–H and O–H groups in total. The summed E-state index contributed by atoms with van der Waals surface area (Å²) < 4.78 is 11.1. The minimum atomic E-state index is -0.279. The van der Waals surface area contributed by atoms with E-state index < -0.39 is 0 Å². The van der Waals surface area contributed by atoms with Gasteiger partial charge in [-0.05, 0) is 31.4 Å². The summed E-state index contributed by atoms with van der Waals surface area (Å²) in [6.45, 7) is 1.99. The number of piperidine rings is 1. The number of ether oxygens (including phenoxy) is 2. The number of benzene rings is 1. The largest absolute Gasteiger partial charge is 0.494 e. The molecule has 1 aromatic rings. The predicted octanol–water partition coefficient (Wildman–Crippen LogP) is 2.23. The van der Waals surface area contributed by atoms with E-state index in [-0.39, 0.29) is 23.5 Å². The van der Waals surface area contributed by atoms with Crippen LogP contribution in [0.15, 0.2) is 30.3 Å². The van der Waals surface area contributed by atoms with Crippen LogP contribution in [0.5, 0.6) is 5.75 Å². The molecule has 0 unspecified atom stereocenters. The molecule has 3 rings (SSSR count). The minimum absolute atomic E-state index is 0.123. The summed E-state index contributed by atoms with van der Waals surface area (Å²) >= 11 is 0. The Morgan fingerprint density at radius 3 is 2.62 bits per heavy atom. The van der Waals surface area contributed by atoms with Crippen molar-refractivity contribution in [2.75, 3.05) is 26.8 Å². The number of aliphatic hydroxyl groups excluding tert-OH is 1. The van der Waals surface area contributed by atoms with Crippen LogP contribution in [0.3, 0.4) is 0 Å². The highest BCUT2D eigenvalue weighted by molar-refractivity contribution is 5.76. The summed E-state index contributed by atoms with van der Waals surface area (Å²) in [6.07, 6.45) is 3.48. The molecule has 0 bridgehead atoms. The summed E-state index contributed by atoms with van der Waals surface area (Å²) in [5.74, 6) is 1.03. The monoisotopic (exact) mass is 333 g/mol. The van der Waals surface area contributed by atoms with E-state index in [1.165, 1.54) is 0 Å². The van der Waals surface area contributed by atoms with Gasteiger partial charge >= 0.3 is 0 Å². The molecule has 2 fully saturated rings. The van der Waals surface area contributed by atoms with Crippen molar-refractivity contribution in [3.8, 4) is 5.75 Å². The van der Waals surface area contributed by atoms with Crippen molar-refractivity contribution < 1.29 is 19.4 Å². The topological polar surface area (TPSA) is 59.0 Å². The van der Waals surface area contributed by atoms with Crippen LogP contribution >= 0.6 is 0 Å². The molecule has 0 aromatic heterocycles. The third-order valence-corrected chi connectivity index (χ3v) is 5.62. The van der Waals surface area contributed by atoms with E-state index >= 15 is 0 Å². The van der Waals surface area contributed by atoms with Gasteiger partial charge in [-0.15, -0.1) is 0 Å². The van der Waals surface area contributed by atoms with Gasteiger partial charge in [-0.3, -0.25) is 4.79 Å². The van der Waals surface area contributed by atoms with Crippen molar-refractivity contribution in [1.29, 1.82) is 0 Å². The summed E-state index contributed by atoms with van der Waals surface area (Å²) in [5, 5.41) is 10.1. The Morgan fingerprint density at radius 1 is 1.29 bits per heavy atom. The molecule has 1 aliphatic carbocycles. The lowest BCUT2D eigenvalue weighted by Crippen LogP contribution is -2.62. The van der Waals surface area contributed by atoms with Crippen LogP contribution in [0, 0.1) is 5.41 Å². The predicted molar refractivity (Wildman–Crippen MR) is 90.8 cm³/mol. The first-order chi connectivity index (χ1) is 11.7. The van der Waals surface area contributed by atoms with Gasteiger partial charge in [0.15, 0.2) is 0 Å². The van der Waals surface area contributed by atoms with Gasteiger partial charge in [0, 0.05) is 38.5 Å². The van der Waals surface area contributed by atoms with Gasteiger partial charge in [-0.2, -0.15) is 0 Å². The van der Waals surface area contributed by atoms with Crippen LogP contribution in [-0.2, 0) is 9.53 Å². The number of para-hydroxylation sites is 1. The lowest BCUT2D eigenvalue weighted by atomic mass is 9.58. The standard InChI is InChI=1S/C19H27NO4/c1-23-17-14-16(21)19(17)9-11-20(12-10-19)18(22)8-5-13-24-15-6-3-2-4-7-15/h2-4,6-7,16-17,21H,5,8-14H2,1H3/t16-,17+/m1/s1. The van der Waals surface area contributed by atoms with Crippen molar-refractivity contribution >= 4 is 5.91 Å². The van der Waals surface area contributed by atoms with Crippen LogP contribution in [-0.4, -0.2) is 54.9 Å². The zero-order valence-corrected chi connectivity index (χ0v) is 14.3. The summed E-state index contributed by atoms with van der Waals surface area (Å²) in [7, 11) is 1.71. The molecule has 1 aromatic carbocycles. The number of methoxy groups -OCH3 is 1. The molecule has 1 saturated heterocycles. The maximum atomic E-state index is 12.3. The zero-order valence-electron chi connectivity index (χ0n) is 14.3. The second-order valence-electron chi connectivity index (χ2n) is 6.85. The normalized spacial score (nSPS) is 25.3. The fourth-order valence-corrected chi connectivity index (χ4v) is 3.97. The molecule has 1 heterocycles. The molecule has 2 aliphatic rings. The Labute approximate surface area is 143 Å². The van der Waals surface area contributed by atoms with E-state index in [2.05, 4.69) is 0 Å². The molecular formula is C19H27NO4. The quantitative estimate of drug-likeness (QED) is 0.811. The molecule has 24 heavy (non-hydrogen) atoms. The molecule has 0 radical (unpaired) electrons. The third kappa shape index (κ3) is 3.42. The number of hydrogen-bond acceptors (Lipinski definition) is 4. The number of rotatable bonds is 6. The van der Waals surface area contributed by atoms with E-state index in [1.807, 2.05) is 35.2 Å². The van der Waals surface area contributed by atoms with Crippen molar-refractivity contribution in [3.05, 3.63) is 30.3 Å². The molecule has 132 valence electrons. The molecule has 1 aliphatic heterocycles. The molecule has 2 atom stereocenters. The van der Waals surface area contributed by atoms with Gasteiger partial charge < -0.3 is 19.5 Å². The Bertz CT molecular complexity index is 540. The highest BCUT2D eigenvalue weighted by Crippen LogP contribution is 2.50. The number of aliphatic hydroxyl groups is 1. The van der Waals surface area contributed by atoms with E-state index in [1.54, 1.807) is 7.11 Å². The van der Waals surface area contributed by atoms with Crippen LogP contribution in [0.2, 0.25) is 0 Å². The maximum Gasteiger partial charge on any atom is 0.222 e. The minimum Gasteiger partial charge on any atom is -0.494 e. The first-order valence-electron chi connectivity index (χ1n) is 8.82. The average molecular weight is 333 g/mol. The summed E-state index contributed by atoms with van der Waals surface area (Å²) in [4.78, 5) is 14.3. The van der Waals surface area contributed by atoms with Crippen molar-refractivity contribution in [2.24, 2.45) is 5.41 Å². The highest BCUT2D eigenvalue weighted by atomic mass is 16.5. The van der Waals surface area contributed by atoms with E-state index in [0.29, 0.717) is 13.0 Å². The smallest absolute Gasteiger partial charge is 0.222 e. The highest BCUT2D eigenvalue weighted by Gasteiger charge is 2.56. The Balaban J connectivity index is 1.38. The van der Waals surface area contributed by atoms with Gasteiger partial charge in [0.1, 0.15) is 5.75 Å². The number of carbonyl (C=O) groups is 1. The zero-order chi connectivity index (χ0) is 17.0. The summed E-state index contributed by atoms with van der Waals surface area (Å²) in [5.41, 5.74) is -0.123. The van der Waals surface area contributed by atoms with Gasteiger partial charge in [0.2, 0.25) is 5.91 Å². The van der Waals surface area contributed by atoms with Gasteiger partial charge in [-0.25, -0.2) is 0 Å². The number of amides is 1. The Hall–Kier alpha value is -1.59. The maximum absolute atomic E-state index is 12.3. The molecule has 1 saturated carbocycles. The Morgan fingerprint density at radius 2 is 2.00 bits per heavy atom. The van der Waals surface area contributed by atoms with E-state index in [4.69, 9.17) is 9.47 Å². The molecule has 1 spiro atoms. The van der Waals surface area contributed by atoms with E-state index in [0.717, 1.165) is 44.5 Å². The number of hydrogen-bond donors (Lipinski definition) is 1. The van der Waals surface area contributed by atoms with E-state index in [9.17, 15) is 9.90 Å². The van der Waals surface area contributed by atoms with Crippen LogP contribution in [0.4, 0.5) is 0 Å². The van der Waals surface area contributed by atoms with Gasteiger partial charge in [0.25, 0.3) is 0 Å². The van der Waals surface area contributed by atoms with Crippen LogP contribution in [0.1, 0.15) is 32.1 Å². The fourth-order valence-electron chi connectivity index (χ4n) is 3.97. The molecular weight excluding hydrogens is 306 g/mol. The van der Waals surface area contributed by atoms with Gasteiger partial charge in [-0.1, -0.05) is 18.2 Å². The van der Waals surface area contributed by atoms with Crippen molar-refractivity contribution in [2.45, 2.75) is 44.3 Å². The molecule has 1 amide bonds.